The molecule has 0 spiro atoms. The van der Waals surface area contributed by atoms with Gasteiger partial charge < -0.3 is 5.73 Å². The molecule has 1 aromatic carbocycles. The second-order valence-corrected chi connectivity index (χ2v) is 4.76. The van der Waals surface area contributed by atoms with Crippen molar-refractivity contribution < 1.29 is 4.79 Å². The summed E-state index contributed by atoms with van der Waals surface area (Å²) in [4.78, 5) is 12.2. The van der Waals surface area contributed by atoms with Gasteiger partial charge in [-0.15, -0.1) is 0 Å². The monoisotopic (exact) mass is 233 g/mol. The highest BCUT2D eigenvalue weighted by molar-refractivity contribution is 5.86. The Bertz CT molecular complexity index is 334. The highest BCUT2D eigenvalue weighted by atomic mass is 16.1. The van der Waals surface area contributed by atoms with Crippen molar-refractivity contribution in [3.8, 4) is 0 Å². The molecular weight excluding hydrogens is 210 g/mol. The molecule has 0 aliphatic carbocycles. The minimum atomic E-state index is -0.129. The average molecular weight is 233 g/mol. The first-order valence-electron chi connectivity index (χ1n) is 6.46. The molecule has 2 atom stereocenters. The number of carbonyl (C=O) groups excluding carboxylic acids is 1. The average Bonchev–Trinajstić information content (AvgIpc) is 2.31. The third kappa shape index (κ3) is 4.31. The number of benzene rings is 1. The molecule has 2 unspecified atom stereocenters. The van der Waals surface area contributed by atoms with Crippen LogP contribution in [-0.2, 0) is 4.79 Å². The number of hydrogen-bond donors (Lipinski definition) is 1. The fourth-order valence-corrected chi connectivity index (χ4v) is 2.22. The van der Waals surface area contributed by atoms with Gasteiger partial charge >= 0.3 is 0 Å². The zero-order chi connectivity index (χ0) is 12.7. The van der Waals surface area contributed by atoms with Crippen LogP contribution in [0.15, 0.2) is 30.3 Å². The largest absolute Gasteiger partial charge is 0.329 e. The highest BCUT2D eigenvalue weighted by Crippen LogP contribution is 2.21. The van der Waals surface area contributed by atoms with Gasteiger partial charge in [0.2, 0.25) is 0 Å². The maximum absolute atomic E-state index is 12.2. The van der Waals surface area contributed by atoms with Gasteiger partial charge in [0.25, 0.3) is 0 Å². The maximum atomic E-state index is 12.2. The molecular formula is C15H23NO. The van der Waals surface area contributed by atoms with E-state index >= 15 is 0 Å². The predicted molar refractivity (Wildman–Crippen MR) is 71.9 cm³/mol. The van der Waals surface area contributed by atoms with Crippen molar-refractivity contribution in [3.63, 3.8) is 0 Å². The summed E-state index contributed by atoms with van der Waals surface area (Å²) in [5.41, 5.74) is 6.78. The highest BCUT2D eigenvalue weighted by Gasteiger charge is 2.20. The van der Waals surface area contributed by atoms with Crippen molar-refractivity contribution in [1.82, 2.24) is 0 Å². The Kier molecular flexibility index (Phi) is 5.92. The Labute approximate surface area is 104 Å². The third-order valence-corrected chi connectivity index (χ3v) is 3.16. The Balaban J connectivity index is 2.65. The van der Waals surface area contributed by atoms with Gasteiger partial charge in [-0.1, -0.05) is 57.0 Å². The molecule has 0 amide bonds. The fourth-order valence-electron chi connectivity index (χ4n) is 2.22. The second-order valence-electron chi connectivity index (χ2n) is 4.76. The van der Waals surface area contributed by atoms with E-state index in [-0.39, 0.29) is 11.7 Å². The van der Waals surface area contributed by atoms with Crippen LogP contribution >= 0.6 is 0 Å². The fraction of sp³-hybridized carbons (Fsp3) is 0.533. The first-order chi connectivity index (χ1) is 8.19. The number of nitrogens with two attached hydrogens (primary N) is 1. The number of Topliss-reactive ketones (excluding diaryl/α,β-unsaturated/α-hetero) is 1. The summed E-state index contributed by atoms with van der Waals surface area (Å²) in [5.74, 6) is 0.611. The lowest BCUT2D eigenvalue weighted by Crippen LogP contribution is -2.23. The van der Waals surface area contributed by atoms with Gasteiger partial charge in [0.05, 0.1) is 5.92 Å². The predicted octanol–water partition coefficient (Wildman–Crippen LogP) is 3.12. The van der Waals surface area contributed by atoms with E-state index in [0.717, 1.165) is 18.4 Å². The lowest BCUT2D eigenvalue weighted by Gasteiger charge is -2.16. The zero-order valence-electron chi connectivity index (χ0n) is 10.9. The molecule has 0 bridgehead atoms. The molecule has 1 rings (SSSR count). The van der Waals surface area contributed by atoms with Crippen LogP contribution in [0.1, 0.15) is 44.6 Å². The van der Waals surface area contributed by atoms with Gasteiger partial charge in [-0.3, -0.25) is 4.79 Å². The first kappa shape index (κ1) is 13.9. The lowest BCUT2D eigenvalue weighted by atomic mass is 9.88. The lowest BCUT2D eigenvalue weighted by molar-refractivity contribution is -0.121. The quantitative estimate of drug-likeness (QED) is 0.786. The van der Waals surface area contributed by atoms with Crippen molar-refractivity contribution in [2.75, 3.05) is 6.54 Å². The summed E-state index contributed by atoms with van der Waals surface area (Å²) in [7, 11) is 0. The molecule has 0 heterocycles. The number of carbonyl (C=O) groups is 1. The molecule has 2 heteroatoms. The van der Waals surface area contributed by atoms with Crippen LogP contribution in [0, 0.1) is 5.92 Å². The van der Waals surface area contributed by atoms with E-state index < -0.39 is 0 Å². The molecule has 17 heavy (non-hydrogen) atoms. The van der Waals surface area contributed by atoms with E-state index in [1.807, 2.05) is 30.3 Å². The van der Waals surface area contributed by atoms with Crippen LogP contribution < -0.4 is 5.73 Å². The van der Waals surface area contributed by atoms with Gasteiger partial charge in [-0.05, 0) is 11.5 Å². The van der Waals surface area contributed by atoms with E-state index in [2.05, 4.69) is 13.8 Å². The van der Waals surface area contributed by atoms with Gasteiger partial charge in [-0.2, -0.15) is 0 Å². The molecule has 0 aliphatic heterocycles. The van der Waals surface area contributed by atoms with Crippen molar-refractivity contribution >= 4 is 5.78 Å². The summed E-state index contributed by atoms with van der Waals surface area (Å²) in [5, 5.41) is 0. The Morgan fingerprint density at radius 3 is 2.47 bits per heavy atom. The van der Waals surface area contributed by atoms with Crippen molar-refractivity contribution in [2.45, 2.75) is 39.0 Å². The zero-order valence-corrected chi connectivity index (χ0v) is 10.9. The number of ketones is 1. The van der Waals surface area contributed by atoms with Crippen LogP contribution in [0.4, 0.5) is 0 Å². The van der Waals surface area contributed by atoms with Crippen LogP contribution in [0.5, 0.6) is 0 Å². The number of rotatable bonds is 7. The molecule has 0 aromatic heterocycles. The molecule has 0 saturated heterocycles. The van der Waals surface area contributed by atoms with E-state index in [4.69, 9.17) is 5.73 Å². The van der Waals surface area contributed by atoms with E-state index in [1.165, 1.54) is 0 Å². The molecule has 1 aromatic rings. The number of hydrogen-bond acceptors (Lipinski definition) is 2. The van der Waals surface area contributed by atoms with Gasteiger partial charge in [0.1, 0.15) is 5.78 Å². The Morgan fingerprint density at radius 2 is 1.94 bits per heavy atom. The summed E-state index contributed by atoms with van der Waals surface area (Å²) in [6.07, 6.45) is 2.88. The molecule has 0 fully saturated rings. The van der Waals surface area contributed by atoms with Crippen molar-refractivity contribution in [1.29, 1.82) is 0 Å². The third-order valence-electron chi connectivity index (χ3n) is 3.16. The van der Waals surface area contributed by atoms with Crippen LogP contribution in [0.25, 0.3) is 0 Å². The summed E-state index contributed by atoms with van der Waals surface area (Å²) in [6.45, 7) is 4.69. The van der Waals surface area contributed by atoms with E-state index in [9.17, 15) is 4.79 Å². The van der Waals surface area contributed by atoms with Gasteiger partial charge in [0, 0.05) is 13.0 Å². The minimum absolute atomic E-state index is 0.129. The van der Waals surface area contributed by atoms with Crippen molar-refractivity contribution in [2.24, 2.45) is 11.7 Å². The van der Waals surface area contributed by atoms with Crippen LogP contribution in [-0.4, -0.2) is 12.3 Å². The SMILES string of the molecule is CCCC(C)CC(=O)C(CN)c1ccccc1. The minimum Gasteiger partial charge on any atom is -0.329 e. The van der Waals surface area contributed by atoms with E-state index in [0.29, 0.717) is 18.9 Å². The molecule has 0 saturated carbocycles. The summed E-state index contributed by atoms with van der Waals surface area (Å²) >= 11 is 0. The first-order valence-corrected chi connectivity index (χ1v) is 6.46. The smallest absolute Gasteiger partial charge is 0.141 e. The standard InChI is InChI=1S/C15H23NO/c1-3-7-12(2)10-15(17)14(11-16)13-8-5-4-6-9-13/h4-6,8-9,12,14H,3,7,10-11,16H2,1-2H3. The molecule has 0 radical (unpaired) electrons. The van der Waals surface area contributed by atoms with Crippen molar-refractivity contribution in [3.05, 3.63) is 35.9 Å². The van der Waals surface area contributed by atoms with Crippen LogP contribution in [0.2, 0.25) is 0 Å². The molecule has 2 N–H and O–H groups in total. The van der Waals surface area contributed by atoms with E-state index in [1.54, 1.807) is 0 Å². The summed E-state index contributed by atoms with van der Waals surface area (Å²) in [6, 6.07) is 9.85. The van der Waals surface area contributed by atoms with Gasteiger partial charge in [0.15, 0.2) is 0 Å². The Morgan fingerprint density at radius 1 is 1.29 bits per heavy atom. The summed E-state index contributed by atoms with van der Waals surface area (Å²) < 4.78 is 0. The molecule has 0 aliphatic rings. The maximum Gasteiger partial charge on any atom is 0.141 e. The molecule has 94 valence electrons. The normalized spacial score (nSPS) is 14.3. The topological polar surface area (TPSA) is 43.1 Å². The van der Waals surface area contributed by atoms with Crippen LogP contribution in [0.3, 0.4) is 0 Å². The molecule has 2 nitrogen and oxygen atoms in total. The Hall–Kier alpha value is -1.15. The van der Waals surface area contributed by atoms with Gasteiger partial charge in [-0.25, -0.2) is 0 Å². The second kappa shape index (κ2) is 7.23.